The number of rotatable bonds is 4. The number of nitrogens with one attached hydrogen (secondary N) is 1. The van der Waals surface area contributed by atoms with Crippen molar-refractivity contribution in [2.45, 2.75) is 45.3 Å². The van der Waals surface area contributed by atoms with Gasteiger partial charge >= 0.3 is 0 Å². The predicted octanol–water partition coefficient (Wildman–Crippen LogP) is 0.655. The van der Waals surface area contributed by atoms with Crippen molar-refractivity contribution in [3.05, 3.63) is 0 Å². The first-order valence-electron chi connectivity index (χ1n) is 5.76. The largest absolute Gasteiger partial charge is 0.376 e. The van der Waals surface area contributed by atoms with Gasteiger partial charge in [-0.05, 0) is 25.2 Å². The van der Waals surface area contributed by atoms with Crippen molar-refractivity contribution in [1.29, 1.82) is 0 Å². The fourth-order valence-electron chi connectivity index (χ4n) is 1.60. The molecule has 2 unspecified atom stereocenters. The number of ether oxygens (including phenoxy) is 1. The number of carbonyl (C=O) groups excluding carboxylic acids is 1. The number of hydrogen-bond acceptors (Lipinski definition) is 3. The molecule has 1 aliphatic heterocycles. The first-order chi connectivity index (χ1) is 7.11. The van der Waals surface area contributed by atoms with Gasteiger partial charge in [-0.2, -0.15) is 0 Å². The van der Waals surface area contributed by atoms with Crippen molar-refractivity contribution in [2.75, 3.05) is 13.2 Å². The molecule has 1 rings (SSSR count). The van der Waals surface area contributed by atoms with Gasteiger partial charge in [0.2, 0.25) is 5.91 Å². The summed E-state index contributed by atoms with van der Waals surface area (Å²) >= 11 is 0. The second-order valence-electron chi connectivity index (χ2n) is 4.50. The number of carbonyl (C=O) groups is 1. The number of amides is 1. The highest BCUT2D eigenvalue weighted by Crippen LogP contribution is 2.11. The topological polar surface area (TPSA) is 64.4 Å². The fourth-order valence-corrected chi connectivity index (χ4v) is 1.60. The lowest BCUT2D eigenvalue weighted by atomic mass is 10.0. The van der Waals surface area contributed by atoms with E-state index in [-0.39, 0.29) is 17.9 Å². The summed E-state index contributed by atoms with van der Waals surface area (Å²) in [6.45, 7) is 5.30. The van der Waals surface area contributed by atoms with Gasteiger partial charge in [-0.1, -0.05) is 13.8 Å². The molecule has 0 aromatic carbocycles. The van der Waals surface area contributed by atoms with Crippen LogP contribution in [0.15, 0.2) is 0 Å². The summed E-state index contributed by atoms with van der Waals surface area (Å²) in [5, 5.41) is 2.84. The average molecular weight is 214 g/mol. The van der Waals surface area contributed by atoms with E-state index in [4.69, 9.17) is 10.5 Å². The van der Waals surface area contributed by atoms with Crippen molar-refractivity contribution in [1.82, 2.24) is 5.32 Å². The Morgan fingerprint density at radius 2 is 2.27 bits per heavy atom. The Bertz CT molecular complexity index is 201. The molecule has 0 saturated carbocycles. The summed E-state index contributed by atoms with van der Waals surface area (Å²) in [4.78, 5) is 11.5. The summed E-state index contributed by atoms with van der Waals surface area (Å²) in [6, 6.07) is -0.409. The zero-order valence-electron chi connectivity index (χ0n) is 9.66. The molecule has 1 amide bonds. The minimum atomic E-state index is -0.409. The van der Waals surface area contributed by atoms with Crippen molar-refractivity contribution in [2.24, 2.45) is 11.7 Å². The molecule has 0 aliphatic carbocycles. The van der Waals surface area contributed by atoms with Crippen LogP contribution in [0.2, 0.25) is 0 Å². The molecule has 0 aromatic rings. The average Bonchev–Trinajstić information content (AvgIpc) is 2.26. The van der Waals surface area contributed by atoms with Crippen LogP contribution in [0.3, 0.4) is 0 Å². The Morgan fingerprint density at radius 3 is 2.80 bits per heavy atom. The lowest BCUT2D eigenvalue weighted by Crippen LogP contribution is -2.46. The number of nitrogens with two attached hydrogens (primary N) is 1. The Kier molecular flexibility index (Phi) is 5.05. The van der Waals surface area contributed by atoms with Gasteiger partial charge in [0.25, 0.3) is 0 Å². The first-order valence-corrected chi connectivity index (χ1v) is 5.76. The van der Waals surface area contributed by atoms with Gasteiger partial charge in [-0.3, -0.25) is 4.79 Å². The van der Waals surface area contributed by atoms with Gasteiger partial charge in [-0.15, -0.1) is 0 Å². The normalized spacial score (nSPS) is 23.9. The molecule has 1 aliphatic rings. The molecule has 0 bridgehead atoms. The van der Waals surface area contributed by atoms with Gasteiger partial charge in [0.05, 0.1) is 12.1 Å². The molecular weight excluding hydrogens is 192 g/mol. The molecule has 1 fully saturated rings. The monoisotopic (exact) mass is 214 g/mol. The maximum atomic E-state index is 11.5. The summed E-state index contributed by atoms with van der Waals surface area (Å²) in [5.74, 6) is 0.108. The highest BCUT2D eigenvalue weighted by atomic mass is 16.5. The summed E-state index contributed by atoms with van der Waals surface area (Å²) in [6.07, 6.45) is 3.55. The van der Waals surface area contributed by atoms with E-state index in [9.17, 15) is 4.79 Å². The molecule has 2 atom stereocenters. The molecule has 3 N–H and O–H groups in total. The first kappa shape index (κ1) is 12.5. The molecule has 0 radical (unpaired) electrons. The Morgan fingerprint density at radius 1 is 1.53 bits per heavy atom. The molecule has 4 nitrogen and oxygen atoms in total. The van der Waals surface area contributed by atoms with E-state index in [0.717, 1.165) is 19.4 Å². The lowest BCUT2D eigenvalue weighted by Gasteiger charge is -2.24. The molecule has 88 valence electrons. The quantitative estimate of drug-likeness (QED) is 0.722. The van der Waals surface area contributed by atoms with E-state index in [0.29, 0.717) is 6.54 Å². The lowest BCUT2D eigenvalue weighted by molar-refractivity contribution is -0.124. The van der Waals surface area contributed by atoms with Crippen LogP contribution in [0.4, 0.5) is 0 Å². The Hall–Kier alpha value is -0.610. The van der Waals surface area contributed by atoms with Gasteiger partial charge in [0, 0.05) is 13.2 Å². The van der Waals surface area contributed by atoms with Crippen LogP contribution < -0.4 is 11.1 Å². The standard InChI is InChI=1S/C11H22N2O2/c1-8(2)10(12)11(14)13-7-9-5-3-4-6-15-9/h8-10H,3-7,12H2,1-2H3,(H,13,14). The van der Waals surface area contributed by atoms with Gasteiger partial charge in [0.1, 0.15) is 0 Å². The van der Waals surface area contributed by atoms with Crippen LogP contribution in [0.1, 0.15) is 33.1 Å². The third kappa shape index (κ3) is 4.18. The fraction of sp³-hybridized carbons (Fsp3) is 0.909. The van der Waals surface area contributed by atoms with Crippen molar-refractivity contribution in [3.8, 4) is 0 Å². The second kappa shape index (κ2) is 6.08. The molecule has 0 spiro atoms. The SMILES string of the molecule is CC(C)C(N)C(=O)NCC1CCCCO1. The smallest absolute Gasteiger partial charge is 0.237 e. The van der Waals surface area contributed by atoms with Crippen molar-refractivity contribution >= 4 is 5.91 Å². The van der Waals surface area contributed by atoms with E-state index < -0.39 is 6.04 Å². The molecule has 4 heteroatoms. The van der Waals surface area contributed by atoms with Crippen LogP contribution >= 0.6 is 0 Å². The second-order valence-corrected chi connectivity index (χ2v) is 4.50. The van der Waals surface area contributed by atoms with Crippen LogP contribution in [0.25, 0.3) is 0 Å². The summed E-state index contributed by atoms with van der Waals surface area (Å²) in [7, 11) is 0. The minimum Gasteiger partial charge on any atom is -0.376 e. The predicted molar refractivity (Wildman–Crippen MR) is 59.4 cm³/mol. The van der Waals surface area contributed by atoms with E-state index in [2.05, 4.69) is 5.32 Å². The molecule has 0 aromatic heterocycles. The van der Waals surface area contributed by atoms with Crippen molar-refractivity contribution < 1.29 is 9.53 Å². The van der Waals surface area contributed by atoms with Crippen LogP contribution in [-0.2, 0) is 9.53 Å². The van der Waals surface area contributed by atoms with Crippen molar-refractivity contribution in [3.63, 3.8) is 0 Å². The van der Waals surface area contributed by atoms with Gasteiger partial charge in [0.15, 0.2) is 0 Å². The zero-order chi connectivity index (χ0) is 11.3. The molecule has 1 heterocycles. The van der Waals surface area contributed by atoms with Crippen LogP contribution in [0, 0.1) is 5.92 Å². The van der Waals surface area contributed by atoms with Gasteiger partial charge < -0.3 is 15.8 Å². The maximum absolute atomic E-state index is 11.5. The third-order valence-corrected chi connectivity index (χ3v) is 2.80. The van der Waals surface area contributed by atoms with E-state index in [1.54, 1.807) is 0 Å². The van der Waals surface area contributed by atoms with E-state index >= 15 is 0 Å². The maximum Gasteiger partial charge on any atom is 0.237 e. The van der Waals surface area contributed by atoms with E-state index in [1.165, 1.54) is 6.42 Å². The van der Waals surface area contributed by atoms with Crippen LogP contribution in [-0.4, -0.2) is 31.2 Å². The summed E-state index contributed by atoms with van der Waals surface area (Å²) in [5.41, 5.74) is 5.72. The molecule has 15 heavy (non-hydrogen) atoms. The highest BCUT2D eigenvalue weighted by Gasteiger charge is 2.19. The molecule has 1 saturated heterocycles. The van der Waals surface area contributed by atoms with Gasteiger partial charge in [-0.25, -0.2) is 0 Å². The zero-order valence-corrected chi connectivity index (χ0v) is 9.66. The Balaban J connectivity index is 2.20. The highest BCUT2D eigenvalue weighted by molar-refractivity contribution is 5.81. The number of hydrogen-bond donors (Lipinski definition) is 2. The molecular formula is C11H22N2O2. The third-order valence-electron chi connectivity index (χ3n) is 2.80. The Labute approximate surface area is 91.5 Å². The summed E-state index contributed by atoms with van der Waals surface area (Å²) < 4.78 is 5.51. The van der Waals surface area contributed by atoms with Crippen LogP contribution in [0.5, 0.6) is 0 Å². The van der Waals surface area contributed by atoms with E-state index in [1.807, 2.05) is 13.8 Å². The minimum absolute atomic E-state index is 0.0702.